The lowest BCUT2D eigenvalue weighted by atomic mass is 10.4. The van der Waals surface area contributed by atoms with E-state index in [2.05, 4.69) is 9.47 Å². The summed E-state index contributed by atoms with van der Waals surface area (Å²) in [5.41, 5.74) is 0. The van der Waals surface area contributed by atoms with Crippen LogP contribution in [-0.4, -0.2) is 55.4 Å². The van der Waals surface area contributed by atoms with Gasteiger partial charge in [-0.15, -0.1) is 0 Å². The third-order valence-corrected chi connectivity index (χ3v) is 0.842. The first-order chi connectivity index (χ1) is 6.54. The van der Waals surface area contributed by atoms with E-state index in [1.165, 1.54) is 0 Å². The molecule has 0 saturated carbocycles. The van der Waals surface area contributed by atoms with Crippen molar-refractivity contribution in [1.29, 1.82) is 0 Å². The second-order valence-electron chi connectivity index (χ2n) is 1.76. The zero-order valence-electron chi connectivity index (χ0n) is 7.85. The summed E-state index contributed by atoms with van der Waals surface area (Å²) >= 11 is 0. The van der Waals surface area contributed by atoms with E-state index in [0.29, 0.717) is 0 Å². The smallest absolute Gasteiger partial charge is 0.386 e. The van der Waals surface area contributed by atoms with Gasteiger partial charge in [0.15, 0.2) is 0 Å². The Morgan fingerprint density at radius 2 is 1.21 bits per heavy atom. The van der Waals surface area contributed by atoms with Gasteiger partial charge in [0.25, 0.3) is 0 Å². The number of ketones is 1. The Kier molecular flexibility index (Phi) is 10.3. The summed E-state index contributed by atoms with van der Waals surface area (Å²) in [4.78, 5) is 30.8. The van der Waals surface area contributed by atoms with Crippen molar-refractivity contribution in [2.75, 3.05) is 27.4 Å². The molecule has 0 aromatic rings. The molecule has 0 aromatic carbocycles. The first-order valence-corrected chi connectivity index (χ1v) is 3.47. The normalized spacial score (nSPS) is 8.00. The number of esters is 2. The van der Waals surface area contributed by atoms with Crippen LogP contribution in [0.3, 0.4) is 0 Å². The van der Waals surface area contributed by atoms with Crippen LogP contribution < -0.4 is 0 Å². The van der Waals surface area contributed by atoms with Crippen molar-refractivity contribution in [3.05, 3.63) is 0 Å². The van der Waals surface area contributed by atoms with Crippen molar-refractivity contribution in [2.24, 2.45) is 0 Å². The summed E-state index contributed by atoms with van der Waals surface area (Å²) in [6.07, 6.45) is 0. The fraction of sp³-hybridized carbons (Fsp3) is 0.571. The Balaban J connectivity index is 0. The molecule has 0 aliphatic heterocycles. The number of methoxy groups -OCH3 is 2. The third kappa shape index (κ3) is 7.19. The minimum atomic E-state index is -1.30. The standard InChI is InChI=1S/C5H6O5.C2H6O2/c1-9-4(7)3(6)5(8)10-2;3-1-2-4/h1-2H3;3-4H,1-2H2. The van der Waals surface area contributed by atoms with Gasteiger partial charge in [0.2, 0.25) is 0 Å². The highest BCUT2D eigenvalue weighted by Gasteiger charge is 2.23. The number of carbonyl (C=O) groups is 3. The van der Waals surface area contributed by atoms with Gasteiger partial charge in [0.05, 0.1) is 27.4 Å². The van der Waals surface area contributed by atoms with Crippen LogP contribution in [0.25, 0.3) is 0 Å². The topological polar surface area (TPSA) is 110 Å². The van der Waals surface area contributed by atoms with Crippen molar-refractivity contribution in [3.8, 4) is 0 Å². The fourth-order valence-electron chi connectivity index (χ4n) is 0.269. The van der Waals surface area contributed by atoms with Crippen LogP contribution in [0.1, 0.15) is 0 Å². The van der Waals surface area contributed by atoms with Crippen molar-refractivity contribution >= 4 is 17.7 Å². The maximum Gasteiger partial charge on any atom is 0.386 e. The van der Waals surface area contributed by atoms with E-state index in [1.54, 1.807) is 0 Å². The molecule has 82 valence electrons. The van der Waals surface area contributed by atoms with Gasteiger partial charge in [0.1, 0.15) is 0 Å². The zero-order chi connectivity index (χ0) is 11.6. The lowest BCUT2D eigenvalue weighted by molar-refractivity contribution is -0.162. The summed E-state index contributed by atoms with van der Waals surface area (Å²) in [5.74, 6) is -3.73. The summed E-state index contributed by atoms with van der Waals surface area (Å²) in [7, 11) is 2.01. The van der Waals surface area contributed by atoms with Gasteiger partial charge in [-0.3, -0.25) is 4.79 Å². The molecular formula is C7H12O7. The predicted octanol–water partition coefficient (Wildman–Crippen LogP) is -2.13. The molecule has 0 radical (unpaired) electrons. The maximum atomic E-state index is 10.4. The van der Waals surface area contributed by atoms with E-state index in [-0.39, 0.29) is 13.2 Å². The van der Waals surface area contributed by atoms with E-state index in [1.807, 2.05) is 0 Å². The van der Waals surface area contributed by atoms with E-state index in [9.17, 15) is 14.4 Å². The zero-order valence-corrected chi connectivity index (χ0v) is 7.85. The number of hydrogen-bond acceptors (Lipinski definition) is 7. The van der Waals surface area contributed by atoms with Crippen LogP contribution in [0, 0.1) is 0 Å². The Hall–Kier alpha value is -1.47. The fourth-order valence-corrected chi connectivity index (χ4v) is 0.269. The van der Waals surface area contributed by atoms with E-state index >= 15 is 0 Å². The van der Waals surface area contributed by atoms with Crippen molar-refractivity contribution in [1.82, 2.24) is 0 Å². The van der Waals surface area contributed by atoms with Gasteiger partial charge >= 0.3 is 17.7 Å². The van der Waals surface area contributed by atoms with Crippen LogP contribution in [-0.2, 0) is 23.9 Å². The molecule has 0 aliphatic carbocycles. The molecule has 14 heavy (non-hydrogen) atoms. The Bertz CT molecular complexity index is 178. The highest BCUT2D eigenvalue weighted by atomic mass is 16.6. The second-order valence-corrected chi connectivity index (χ2v) is 1.76. The minimum Gasteiger partial charge on any atom is -0.463 e. The third-order valence-electron chi connectivity index (χ3n) is 0.842. The number of aliphatic hydroxyl groups excluding tert-OH is 2. The molecule has 7 nitrogen and oxygen atoms in total. The van der Waals surface area contributed by atoms with Gasteiger partial charge < -0.3 is 19.7 Å². The molecule has 0 saturated heterocycles. The number of Topliss-reactive ketones (excluding diaryl/α,β-unsaturated/α-hetero) is 1. The summed E-state index contributed by atoms with van der Waals surface area (Å²) in [6.45, 7) is -0.250. The Morgan fingerprint density at radius 3 is 1.36 bits per heavy atom. The largest absolute Gasteiger partial charge is 0.463 e. The maximum absolute atomic E-state index is 10.4. The lowest BCUT2D eigenvalue weighted by Crippen LogP contribution is -2.25. The predicted molar refractivity (Wildman–Crippen MR) is 43.2 cm³/mol. The van der Waals surface area contributed by atoms with Gasteiger partial charge in [0, 0.05) is 0 Å². The van der Waals surface area contributed by atoms with Crippen molar-refractivity contribution in [2.45, 2.75) is 0 Å². The Morgan fingerprint density at radius 1 is 0.929 bits per heavy atom. The second kappa shape index (κ2) is 9.62. The number of aliphatic hydroxyl groups is 2. The SMILES string of the molecule is COC(=O)C(=O)C(=O)OC.OCCO. The average molecular weight is 208 g/mol. The molecule has 0 rings (SSSR count). The van der Waals surface area contributed by atoms with Crippen LogP contribution in [0.2, 0.25) is 0 Å². The van der Waals surface area contributed by atoms with Crippen LogP contribution in [0.4, 0.5) is 0 Å². The summed E-state index contributed by atoms with van der Waals surface area (Å²) in [6, 6.07) is 0. The molecule has 0 aromatic heterocycles. The van der Waals surface area contributed by atoms with Gasteiger partial charge in [-0.1, -0.05) is 0 Å². The molecule has 0 atom stereocenters. The number of rotatable bonds is 3. The molecule has 0 bridgehead atoms. The number of hydrogen-bond donors (Lipinski definition) is 2. The van der Waals surface area contributed by atoms with Crippen LogP contribution >= 0.6 is 0 Å². The summed E-state index contributed by atoms with van der Waals surface area (Å²) < 4.78 is 7.89. The highest BCUT2D eigenvalue weighted by Crippen LogP contribution is 1.81. The molecule has 0 unspecified atom stereocenters. The monoisotopic (exact) mass is 208 g/mol. The number of ether oxygens (including phenoxy) is 2. The van der Waals surface area contributed by atoms with E-state index in [0.717, 1.165) is 14.2 Å². The van der Waals surface area contributed by atoms with Crippen LogP contribution in [0.5, 0.6) is 0 Å². The van der Waals surface area contributed by atoms with Gasteiger partial charge in [-0.2, -0.15) is 0 Å². The van der Waals surface area contributed by atoms with Crippen molar-refractivity contribution in [3.63, 3.8) is 0 Å². The minimum absolute atomic E-state index is 0.125. The lowest BCUT2D eigenvalue weighted by Gasteiger charge is -1.94. The van der Waals surface area contributed by atoms with E-state index in [4.69, 9.17) is 10.2 Å². The quantitative estimate of drug-likeness (QED) is 0.309. The van der Waals surface area contributed by atoms with Crippen molar-refractivity contribution < 1.29 is 34.1 Å². The molecular weight excluding hydrogens is 196 g/mol. The Labute approximate surface area is 80.2 Å². The van der Waals surface area contributed by atoms with Gasteiger partial charge in [-0.05, 0) is 0 Å². The molecule has 0 fully saturated rings. The molecule has 0 aliphatic rings. The summed E-state index contributed by atoms with van der Waals surface area (Å²) in [5, 5.41) is 15.2. The van der Waals surface area contributed by atoms with E-state index < -0.39 is 17.7 Å². The van der Waals surface area contributed by atoms with Crippen LogP contribution in [0.15, 0.2) is 0 Å². The molecule has 0 spiro atoms. The van der Waals surface area contributed by atoms with Gasteiger partial charge in [-0.25, -0.2) is 9.59 Å². The molecule has 2 N–H and O–H groups in total. The molecule has 0 heterocycles. The first kappa shape index (κ1) is 15.0. The first-order valence-electron chi connectivity index (χ1n) is 3.47. The highest BCUT2D eigenvalue weighted by molar-refractivity contribution is 6.60. The number of carbonyl (C=O) groups excluding carboxylic acids is 3. The molecule has 7 heteroatoms. The average Bonchev–Trinajstić information content (AvgIpc) is 2.26. The molecule has 0 amide bonds.